The number of pyridine rings is 1. The molecule has 6 heteroatoms. The van der Waals surface area contributed by atoms with Gasteiger partial charge >= 0.3 is 0 Å². The summed E-state index contributed by atoms with van der Waals surface area (Å²) in [5.41, 5.74) is 12.7. The smallest absolute Gasteiger partial charge is 0.220 e. The molecule has 0 radical (unpaired) electrons. The van der Waals surface area contributed by atoms with Crippen LogP contribution in [-0.4, -0.2) is 27.3 Å². The summed E-state index contributed by atoms with van der Waals surface area (Å²) >= 11 is 0. The molecule has 0 fully saturated rings. The number of anilines is 2. The highest BCUT2D eigenvalue weighted by molar-refractivity contribution is 5.96. The summed E-state index contributed by atoms with van der Waals surface area (Å²) in [4.78, 5) is 28.0. The van der Waals surface area contributed by atoms with Crippen LogP contribution in [0.25, 0.3) is 0 Å². The second-order valence-corrected chi connectivity index (χ2v) is 8.22. The normalized spacial score (nSPS) is 13.4. The van der Waals surface area contributed by atoms with E-state index in [1.54, 1.807) is 12.4 Å². The van der Waals surface area contributed by atoms with Gasteiger partial charge < -0.3 is 10.6 Å². The van der Waals surface area contributed by atoms with Gasteiger partial charge in [0.25, 0.3) is 0 Å². The van der Waals surface area contributed by atoms with E-state index in [0.29, 0.717) is 30.5 Å². The third-order valence-corrected chi connectivity index (χ3v) is 5.66. The summed E-state index contributed by atoms with van der Waals surface area (Å²) in [6, 6.07) is 10.2. The Hall–Kier alpha value is -3.28. The van der Waals surface area contributed by atoms with Gasteiger partial charge in [0.05, 0.1) is 5.69 Å². The van der Waals surface area contributed by atoms with E-state index in [0.717, 1.165) is 41.0 Å². The van der Waals surface area contributed by atoms with Gasteiger partial charge in [0.15, 0.2) is 5.78 Å². The van der Waals surface area contributed by atoms with Crippen molar-refractivity contribution in [2.45, 2.75) is 46.1 Å². The maximum absolute atomic E-state index is 12.9. The fourth-order valence-corrected chi connectivity index (χ4v) is 3.84. The number of fused-ring (bicyclic) bond motifs is 1. The third kappa shape index (κ3) is 4.17. The minimum Gasteiger partial charge on any atom is -0.368 e. The zero-order valence-corrected chi connectivity index (χ0v) is 17.7. The van der Waals surface area contributed by atoms with Crippen molar-refractivity contribution in [3.05, 3.63) is 76.4 Å². The van der Waals surface area contributed by atoms with Gasteiger partial charge in [0.1, 0.15) is 5.69 Å². The second kappa shape index (κ2) is 8.22. The Kier molecular flexibility index (Phi) is 5.48. The van der Waals surface area contributed by atoms with Crippen LogP contribution < -0.4 is 10.6 Å². The molecule has 0 spiro atoms. The molecule has 0 saturated heterocycles. The molecule has 30 heavy (non-hydrogen) atoms. The number of carbonyl (C=O) groups is 1. The van der Waals surface area contributed by atoms with E-state index in [1.807, 2.05) is 25.1 Å². The van der Waals surface area contributed by atoms with E-state index in [1.165, 1.54) is 5.56 Å². The van der Waals surface area contributed by atoms with Crippen LogP contribution in [0.1, 0.15) is 58.2 Å². The predicted molar refractivity (Wildman–Crippen MR) is 119 cm³/mol. The van der Waals surface area contributed by atoms with E-state index in [-0.39, 0.29) is 5.78 Å². The van der Waals surface area contributed by atoms with Crippen LogP contribution in [0.2, 0.25) is 0 Å². The summed E-state index contributed by atoms with van der Waals surface area (Å²) in [5.74, 6) is 0.825. The number of benzene rings is 1. The van der Waals surface area contributed by atoms with E-state index >= 15 is 0 Å². The van der Waals surface area contributed by atoms with E-state index in [4.69, 9.17) is 5.73 Å². The van der Waals surface area contributed by atoms with Crippen LogP contribution >= 0.6 is 0 Å². The van der Waals surface area contributed by atoms with E-state index in [9.17, 15) is 4.79 Å². The van der Waals surface area contributed by atoms with Crippen LogP contribution in [0.4, 0.5) is 11.6 Å². The standard InChI is InChI=1S/C24H27N5O/c1-15(2)18-6-4-17(5-7-18)10-23(30)21-11-22(16(3)12-26-21)29-9-8-20-19(14-29)13-27-24(25)28-20/h4-7,11-13,15H,8-10,14H2,1-3H3,(H2,25,27,28). The van der Waals surface area contributed by atoms with Crippen LogP contribution in [0.15, 0.2) is 42.7 Å². The first-order valence-corrected chi connectivity index (χ1v) is 10.3. The first kappa shape index (κ1) is 20.0. The van der Waals surface area contributed by atoms with Crippen molar-refractivity contribution in [2.75, 3.05) is 17.2 Å². The molecule has 0 aliphatic carbocycles. The summed E-state index contributed by atoms with van der Waals surface area (Å²) in [6.07, 6.45) is 4.74. The van der Waals surface area contributed by atoms with Crippen molar-refractivity contribution < 1.29 is 4.79 Å². The molecule has 3 aromatic rings. The number of nitrogens with zero attached hydrogens (tertiary/aromatic N) is 4. The maximum atomic E-state index is 12.9. The predicted octanol–water partition coefficient (Wildman–Crippen LogP) is 3.87. The van der Waals surface area contributed by atoms with Crippen LogP contribution in [0, 0.1) is 6.92 Å². The fraction of sp³-hybridized carbons (Fsp3) is 0.333. The Morgan fingerprint density at radius 2 is 1.93 bits per heavy atom. The molecular weight excluding hydrogens is 374 g/mol. The lowest BCUT2D eigenvalue weighted by Crippen LogP contribution is -2.32. The van der Waals surface area contributed by atoms with Crippen molar-refractivity contribution in [1.82, 2.24) is 15.0 Å². The van der Waals surface area contributed by atoms with Gasteiger partial charge in [-0.1, -0.05) is 38.1 Å². The number of hydrogen-bond acceptors (Lipinski definition) is 6. The highest BCUT2D eigenvalue weighted by atomic mass is 16.1. The molecule has 3 heterocycles. The number of nitrogen functional groups attached to an aromatic ring is 1. The van der Waals surface area contributed by atoms with Crippen LogP contribution in [0.3, 0.4) is 0 Å². The average Bonchev–Trinajstić information content (AvgIpc) is 2.74. The lowest BCUT2D eigenvalue weighted by Gasteiger charge is -2.31. The van der Waals surface area contributed by atoms with Gasteiger partial charge in [0, 0.05) is 49.6 Å². The topological polar surface area (TPSA) is 85.0 Å². The SMILES string of the molecule is Cc1cnc(C(=O)Cc2ccc(C(C)C)cc2)cc1N1CCc2nc(N)ncc2C1. The van der Waals surface area contributed by atoms with Gasteiger partial charge in [-0.2, -0.15) is 0 Å². The van der Waals surface area contributed by atoms with E-state index < -0.39 is 0 Å². The molecule has 1 aromatic carbocycles. The first-order chi connectivity index (χ1) is 14.4. The Bertz CT molecular complexity index is 1080. The quantitative estimate of drug-likeness (QED) is 0.653. The van der Waals surface area contributed by atoms with Crippen molar-refractivity contribution >= 4 is 17.4 Å². The number of hydrogen-bond donors (Lipinski definition) is 1. The highest BCUT2D eigenvalue weighted by Crippen LogP contribution is 2.27. The molecule has 0 bridgehead atoms. The Morgan fingerprint density at radius 1 is 1.17 bits per heavy atom. The van der Waals surface area contributed by atoms with Crippen LogP contribution in [0.5, 0.6) is 0 Å². The number of nitrogens with two attached hydrogens (primary N) is 1. The molecule has 0 saturated carbocycles. The fourth-order valence-electron chi connectivity index (χ4n) is 3.84. The number of carbonyl (C=O) groups excluding carboxylic acids is 1. The van der Waals surface area contributed by atoms with Crippen molar-refractivity contribution in [3.63, 3.8) is 0 Å². The molecule has 1 aliphatic rings. The number of ketones is 1. The van der Waals surface area contributed by atoms with Gasteiger partial charge in [0.2, 0.25) is 5.95 Å². The van der Waals surface area contributed by atoms with E-state index in [2.05, 4.69) is 45.8 Å². The maximum Gasteiger partial charge on any atom is 0.220 e. The summed E-state index contributed by atoms with van der Waals surface area (Å²) in [6.45, 7) is 7.87. The van der Waals surface area contributed by atoms with Gasteiger partial charge in [-0.3, -0.25) is 9.78 Å². The third-order valence-electron chi connectivity index (χ3n) is 5.66. The van der Waals surface area contributed by atoms with Crippen molar-refractivity contribution in [3.8, 4) is 0 Å². The van der Waals surface area contributed by atoms with Gasteiger partial charge in [-0.15, -0.1) is 0 Å². The van der Waals surface area contributed by atoms with Gasteiger partial charge in [-0.05, 0) is 35.6 Å². The Morgan fingerprint density at radius 3 is 2.67 bits per heavy atom. The molecule has 0 atom stereocenters. The van der Waals surface area contributed by atoms with Crippen LogP contribution in [-0.2, 0) is 19.4 Å². The summed E-state index contributed by atoms with van der Waals surface area (Å²) < 4.78 is 0. The molecule has 1 aliphatic heterocycles. The minimum atomic E-state index is 0.0297. The molecule has 4 rings (SSSR count). The van der Waals surface area contributed by atoms with Crippen molar-refractivity contribution in [1.29, 1.82) is 0 Å². The van der Waals surface area contributed by atoms with Gasteiger partial charge in [-0.25, -0.2) is 9.97 Å². The number of aromatic nitrogens is 3. The molecular formula is C24H27N5O. The lowest BCUT2D eigenvalue weighted by molar-refractivity contribution is 0.0988. The number of aryl methyl sites for hydroxylation is 1. The first-order valence-electron chi connectivity index (χ1n) is 10.3. The summed E-state index contributed by atoms with van der Waals surface area (Å²) in [5, 5.41) is 0. The zero-order valence-electron chi connectivity index (χ0n) is 17.7. The molecule has 0 unspecified atom stereocenters. The molecule has 0 amide bonds. The van der Waals surface area contributed by atoms with Crippen molar-refractivity contribution in [2.24, 2.45) is 0 Å². The summed E-state index contributed by atoms with van der Waals surface area (Å²) in [7, 11) is 0. The monoisotopic (exact) mass is 401 g/mol. The highest BCUT2D eigenvalue weighted by Gasteiger charge is 2.21. The lowest BCUT2D eigenvalue weighted by atomic mass is 9.99. The molecule has 154 valence electrons. The Balaban J connectivity index is 1.53. The minimum absolute atomic E-state index is 0.0297. The number of Topliss-reactive ketones (excluding diaryl/α,β-unsaturated/α-hetero) is 1. The largest absolute Gasteiger partial charge is 0.368 e. The average molecular weight is 402 g/mol. The second-order valence-electron chi connectivity index (χ2n) is 8.22. The molecule has 6 nitrogen and oxygen atoms in total. The molecule has 2 N–H and O–H groups in total. The Labute approximate surface area is 177 Å². The number of rotatable bonds is 5. The zero-order chi connectivity index (χ0) is 21.3. The molecule has 2 aromatic heterocycles.